The van der Waals surface area contributed by atoms with Gasteiger partial charge >= 0.3 is 0 Å². The van der Waals surface area contributed by atoms with Gasteiger partial charge in [-0.1, -0.05) is 17.7 Å². The van der Waals surface area contributed by atoms with Crippen LogP contribution in [-0.4, -0.2) is 15.3 Å². The van der Waals surface area contributed by atoms with Crippen LogP contribution in [0.5, 0.6) is 0 Å². The largest absolute Gasteiger partial charge is 0.338 e. The minimum Gasteiger partial charge on any atom is -0.338 e. The van der Waals surface area contributed by atoms with Gasteiger partial charge in [-0.3, -0.25) is 4.79 Å². The third kappa shape index (κ3) is 2.35. The summed E-state index contributed by atoms with van der Waals surface area (Å²) in [5.41, 5.74) is 4.13. The average molecular weight is 242 g/mol. The summed E-state index contributed by atoms with van der Waals surface area (Å²) in [7, 11) is 1.91. The maximum Gasteiger partial charge on any atom is 0.170 e. The van der Waals surface area contributed by atoms with Crippen LogP contribution in [0.25, 0.3) is 0 Å². The highest BCUT2D eigenvalue weighted by molar-refractivity contribution is 5.99. The van der Waals surface area contributed by atoms with E-state index in [4.69, 9.17) is 0 Å². The first-order valence-electron chi connectivity index (χ1n) is 6.06. The lowest BCUT2D eigenvalue weighted by Crippen LogP contribution is -2.11. The van der Waals surface area contributed by atoms with E-state index in [1.807, 2.05) is 38.6 Å². The maximum absolute atomic E-state index is 12.4. The Kier molecular flexibility index (Phi) is 3.32. The molecule has 0 saturated carbocycles. The van der Waals surface area contributed by atoms with Gasteiger partial charge in [-0.15, -0.1) is 0 Å². The minimum atomic E-state index is 0.138. The Morgan fingerprint density at radius 1 is 1.22 bits per heavy atom. The zero-order chi connectivity index (χ0) is 13.3. The number of ketones is 1. The van der Waals surface area contributed by atoms with Gasteiger partial charge in [0.25, 0.3) is 0 Å². The summed E-state index contributed by atoms with van der Waals surface area (Å²) in [6.07, 6.45) is 3.93. The lowest BCUT2D eigenvalue weighted by Gasteiger charge is -2.10. The molecule has 0 saturated heterocycles. The molecule has 0 aliphatic heterocycles. The molecule has 1 heterocycles. The Bertz CT molecular complexity index is 573. The van der Waals surface area contributed by atoms with Crippen LogP contribution in [0.2, 0.25) is 0 Å². The zero-order valence-electron chi connectivity index (χ0n) is 11.3. The Hall–Kier alpha value is -1.90. The van der Waals surface area contributed by atoms with Gasteiger partial charge in [0.2, 0.25) is 0 Å². The van der Waals surface area contributed by atoms with E-state index in [2.05, 4.69) is 17.1 Å². The van der Waals surface area contributed by atoms with Crippen molar-refractivity contribution in [1.29, 1.82) is 0 Å². The van der Waals surface area contributed by atoms with Crippen molar-refractivity contribution >= 4 is 5.78 Å². The molecule has 0 amide bonds. The van der Waals surface area contributed by atoms with Crippen LogP contribution in [0, 0.1) is 20.8 Å². The van der Waals surface area contributed by atoms with Gasteiger partial charge in [0, 0.05) is 25.0 Å². The molecule has 0 radical (unpaired) electrons. The molecule has 0 spiro atoms. The van der Waals surface area contributed by atoms with Crippen molar-refractivity contribution in [3.8, 4) is 0 Å². The summed E-state index contributed by atoms with van der Waals surface area (Å²) >= 11 is 0. The summed E-state index contributed by atoms with van der Waals surface area (Å²) < 4.78 is 1.89. The highest BCUT2D eigenvalue weighted by atomic mass is 16.1. The highest BCUT2D eigenvalue weighted by Crippen LogP contribution is 2.18. The number of benzene rings is 1. The van der Waals surface area contributed by atoms with Gasteiger partial charge in [0.15, 0.2) is 5.78 Å². The zero-order valence-corrected chi connectivity index (χ0v) is 11.3. The molecule has 1 aromatic carbocycles. The highest BCUT2D eigenvalue weighted by Gasteiger charge is 2.15. The van der Waals surface area contributed by atoms with Crippen molar-refractivity contribution in [3.05, 3.63) is 52.6 Å². The fraction of sp³-hybridized carbons (Fsp3) is 0.333. The van der Waals surface area contributed by atoms with E-state index in [0.717, 1.165) is 22.5 Å². The Balaban J connectivity index is 2.33. The first kappa shape index (κ1) is 12.6. The van der Waals surface area contributed by atoms with Gasteiger partial charge in [-0.2, -0.15) is 0 Å². The standard InChI is InChI=1S/C15H18N2O/c1-10-7-11(2)15(12(3)8-10)13(18)9-14-16-5-6-17(14)4/h5-8H,9H2,1-4H3. The Labute approximate surface area is 107 Å². The van der Waals surface area contributed by atoms with E-state index in [-0.39, 0.29) is 5.78 Å². The number of carbonyl (C=O) groups excluding carboxylic acids is 1. The molecular weight excluding hydrogens is 224 g/mol. The molecule has 0 fully saturated rings. The molecular formula is C15H18N2O. The lowest BCUT2D eigenvalue weighted by molar-refractivity contribution is 0.0989. The molecule has 94 valence electrons. The first-order chi connectivity index (χ1) is 8.49. The molecule has 0 aliphatic rings. The summed E-state index contributed by atoms with van der Waals surface area (Å²) in [4.78, 5) is 16.6. The maximum atomic E-state index is 12.4. The number of rotatable bonds is 3. The number of nitrogens with zero attached hydrogens (tertiary/aromatic N) is 2. The second kappa shape index (κ2) is 4.77. The minimum absolute atomic E-state index is 0.138. The molecule has 0 aliphatic carbocycles. The molecule has 0 bridgehead atoms. The summed E-state index contributed by atoms with van der Waals surface area (Å²) in [5.74, 6) is 0.943. The predicted molar refractivity (Wildman–Crippen MR) is 71.9 cm³/mol. The van der Waals surface area contributed by atoms with Gasteiger partial charge in [0.1, 0.15) is 5.82 Å². The third-order valence-electron chi connectivity index (χ3n) is 3.20. The fourth-order valence-electron chi connectivity index (χ4n) is 2.42. The van der Waals surface area contributed by atoms with Crippen molar-refractivity contribution in [2.45, 2.75) is 27.2 Å². The van der Waals surface area contributed by atoms with Crippen molar-refractivity contribution in [3.63, 3.8) is 0 Å². The SMILES string of the molecule is Cc1cc(C)c(C(=O)Cc2nccn2C)c(C)c1. The van der Waals surface area contributed by atoms with Crippen molar-refractivity contribution in [2.24, 2.45) is 7.05 Å². The van der Waals surface area contributed by atoms with Gasteiger partial charge in [-0.25, -0.2) is 4.98 Å². The van der Waals surface area contributed by atoms with Gasteiger partial charge in [-0.05, 0) is 31.9 Å². The molecule has 2 rings (SSSR count). The van der Waals surface area contributed by atoms with Gasteiger partial charge < -0.3 is 4.57 Å². The van der Waals surface area contributed by atoms with E-state index in [1.165, 1.54) is 5.56 Å². The first-order valence-corrected chi connectivity index (χ1v) is 6.06. The quantitative estimate of drug-likeness (QED) is 0.776. The van der Waals surface area contributed by atoms with E-state index in [0.29, 0.717) is 6.42 Å². The average Bonchev–Trinajstić information content (AvgIpc) is 2.62. The molecule has 0 atom stereocenters. The molecule has 0 N–H and O–H groups in total. The lowest BCUT2D eigenvalue weighted by atomic mass is 9.95. The van der Waals surface area contributed by atoms with E-state index >= 15 is 0 Å². The van der Waals surface area contributed by atoms with E-state index in [1.54, 1.807) is 6.20 Å². The van der Waals surface area contributed by atoms with Crippen LogP contribution < -0.4 is 0 Å². The monoisotopic (exact) mass is 242 g/mol. The smallest absolute Gasteiger partial charge is 0.170 e. The number of imidazole rings is 1. The second-order valence-electron chi connectivity index (χ2n) is 4.83. The van der Waals surface area contributed by atoms with Crippen LogP contribution >= 0.6 is 0 Å². The molecule has 18 heavy (non-hydrogen) atoms. The second-order valence-corrected chi connectivity index (χ2v) is 4.83. The molecule has 0 unspecified atom stereocenters. The number of carbonyl (C=O) groups is 1. The summed E-state index contributed by atoms with van der Waals surface area (Å²) in [6.45, 7) is 6.03. The molecule has 1 aromatic heterocycles. The molecule has 3 nitrogen and oxygen atoms in total. The van der Waals surface area contributed by atoms with Crippen LogP contribution in [-0.2, 0) is 13.5 Å². The van der Waals surface area contributed by atoms with Gasteiger partial charge in [0.05, 0.1) is 6.42 Å². The van der Waals surface area contributed by atoms with Crippen molar-refractivity contribution in [1.82, 2.24) is 9.55 Å². The third-order valence-corrected chi connectivity index (χ3v) is 3.20. The van der Waals surface area contributed by atoms with Crippen LogP contribution in [0.1, 0.15) is 32.9 Å². The fourth-order valence-corrected chi connectivity index (χ4v) is 2.42. The van der Waals surface area contributed by atoms with Crippen LogP contribution in [0.3, 0.4) is 0 Å². The topological polar surface area (TPSA) is 34.9 Å². The predicted octanol–water partition coefficient (Wildman–Crippen LogP) is 2.77. The van der Waals surface area contributed by atoms with Crippen LogP contribution in [0.4, 0.5) is 0 Å². The van der Waals surface area contributed by atoms with Crippen LogP contribution in [0.15, 0.2) is 24.5 Å². The number of aromatic nitrogens is 2. The Morgan fingerprint density at radius 3 is 2.33 bits per heavy atom. The number of aryl methyl sites for hydroxylation is 4. The number of hydrogen-bond donors (Lipinski definition) is 0. The van der Waals surface area contributed by atoms with E-state index in [9.17, 15) is 4.79 Å². The normalized spacial score (nSPS) is 10.7. The van der Waals surface area contributed by atoms with E-state index < -0.39 is 0 Å². The molecule has 2 aromatic rings. The van der Waals surface area contributed by atoms with Crippen molar-refractivity contribution < 1.29 is 4.79 Å². The number of Topliss-reactive ketones (excluding diaryl/α,β-unsaturated/α-hetero) is 1. The summed E-state index contributed by atoms with van der Waals surface area (Å²) in [6, 6.07) is 4.11. The Morgan fingerprint density at radius 2 is 1.83 bits per heavy atom. The molecule has 3 heteroatoms. The number of hydrogen-bond acceptors (Lipinski definition) is 2. The summed E-state index contributed by atoms with van der Waals surface area (Å²) in [5, 5.41) is 0. The van der Waals surface area contributed by atoms with Crippen molar-refractivity contribution in [2.75, 3.05) is 0 Å².